The minimum Gasteiger partial charge on any atom is -0.466 e. The third-order valence-electron chi connectivity index (χ3n) is 2.50. The molecule has 0 aromatic carbocycles. The first-order valence-corrected chi connectivity index (χ1v) is 5.65. The molecule has 0 aliphatic heterocycles. The average molecular weight is 259 g/mol. The number of aromatic nitrogens is 1. The highest BCUT2D eigenvalue weighted by Crippen LogP contribution is 2.12. The van der Waals surface area contributed by atoms with Gasteiger partial charge in [0.2, 0.25) is 0 Å². The van der Waals surface area contributed by atoms with Crippen LogP contribution in [0.5, 0.6) is 0 Å². The van der Waals surface area contributed by atoms with Gasteiger partial charge in [0.1, 0.15) is 11.5 Å². The lowest BCUT2D eigenvalue weighted by Gasteiger charge is -2.06. The molecule has 2 amide bonds. The van der Waals surface area contributed by atoms with Crippen LogP contribution in [-0.2, 0) is 0 Å². The van der Waals surface area contributed by atoms with E-state index < -0.39 is 11.8 Å². The summed E-state index contributed by atoms with van der Waals surface area (Å²) in [4.78, 5) is 27.3. The van der Waals surface area contributed by atoms with E-state index in [2.05, 4.69) is 15.8 Å². The highest BCUT2D eigenvalue weighted by molar-refractivity contribution is 5.99. The van der Waals surface area contributed by atoms with Crippen LogP contribution in [-0.4, -0.2) is 16.8 Å². The smallest absolute Gasteiger partial charge is 0.273 e. The number of hydrogen-bond donors (Lipinski definition) is 2. The Balaban J connectivity index is 1.98. The van der Waals surface area contributed by atoms with Crippen molar-refractivity contribution < 1.29 is 14.0 Å². The topological polar surface area (TPSA) is 84.2 Å². The van der Waals surface area contributed by atoms with E-state index in [-0.39, 0.29) is 0 Å². The quantitative estimate of drug-likeness (QED) is 0.798. The number of hydrazine groups is 1. The molecule has 0 aliphatic rings. The molecule has 0 radical (unpaired) electrons. The number of amides is 2. The highest BCUT2D eigenvalue weighted by Gasteiger charge is 2.14. The molecule has 2 N–H and O–H groups in total. The van der Waals surface area contributed by atoms with Gasteiger partial charge in [-0.05, 0) is 32.0 Å². The van der Waals surface area contributed by atoms with Crippen molar-refractivity contribution in [3.8, 4) is 0 Å². The summed E-state index contributed by atoms with van der Waals surface area (Å²) in [5.41, 5.74) is 5.40. The molecule has 0 bridgehead atoms. The number of nitrogens with one attached hydrogen (secondary N) is 2. The Morgan fingerprint density at radius 3 is 2.53 bits per heavy atom. The van der Waals surface area contributed by atoms with Crippen LogP contribution in [0.2, 0.25) is 0 Å². The number of furan rings is 1. The zero-order valence-corrected chi connectivity index (χ0v) is 10.6. The number of rotatable bonds is 2. The van der Waals surface area contributed by atoms with Gasteiger partial charge < -0.3 is 4.42 Å². The fourth-order valence-corrected chi connectivity index (χ4v) is 1.61. The van der Waals surface area contributed by atoms with Crippen molar-refractivity contribution in [3.05, 3.63) is 53.2 Å². The first-order chi connectivity index (χ1) is 9.08. The molecule has 0 atom stereocenters. The molecular formula is C13H13N3O3. The second-order valence-corrected chi connectivity index (χ2v) is 3.98. The van der Waals surface area contributed by atoms with Crippen LogP contribution in [0.1, 0.15) is 32.2 Å². The van der Waals surface area contributed by atoms with Crippen molar-refractivity contribution in [2.75, 3.05) is 0 Å². The van der Waals surface area contributed by atoms with Crippen molar-refractivity contribution in [2.24, 2.45) is 0 Å². The summed E-state index contributed by atoms with van der Waals surface area (Å²) in [7, 11) is 0. The lowest BCUT2D eigenvalue weighted by molar-refractivity contribution is 0.0845. The molecule has 98 valence electrons. The Hall–Kier alpha value is -2.63. The van der Waals surface area contributed by atoms with Crippen molar-refractivity contribution in [1.82, 2.24) is 15.8 Å². The Kier molecular flexibility index (Phi) is 3.61. The molecule has 2 rings (SSSR count). The lowest BCUT2D eigenvalue weighted by atomic mass is 10.2. The second-order valence-electron chi connectivity index (χ2n) is 3.98. The fourth-order valence-electron chi connectivity index (χ4n) is 1.61. The van der Waals surface area contributed by atoms with Crippen LogP contribution >= 0.6 is 0 Å². The summed E-state index contributed by atoms with van der Waals surface area (Å²) in [6, 6.07) is 4.85. The third-order valence-corrected chi connectivity index (χ3v) is 2.50. The minimum absolute atomic E-state index is 0.364. The number of aryl methyl sites for hydroxylation is 2. The van der Waals surface area contributed by atoms with Crippen molar-refractivity contribution >= 4 is 11.8 Å². The van der Waals surface area contributed by atoms with E-state index in [1.54, 1.807) is 38.2 Å². The van der Waals surface area contributed by atoms with Crippen LogP contribution in [0.15, 0.2) is 35.0 Å². The number of nitrogens with zero attached hydrogens (tertiary/aromatic N) is 1. The summed E-state index contributed by atoms with van der Waals surface area (Å²) in [5.74, 6) is 0.290. The highest BCUT2D eigenvalue weighted by atomic mass is 16.3. The van der Waals surface area contributed by atoms with E-state index in [9.17, 15) is 9.59 Å². The van der Waals surface area contributed by atoms with Gasteiger partial charge in [0.05, 0.1) is 11.1 Å². The normalized spacial score (nSPS) is 10.0. The molecule has 0 saturated carbocycles. The van der Waals surface area contributed by atoms with E-state index in [0.717, 1.165) is 0 Å². The van der Waals surface area contributed by atoms with Gasteiger partial charge in [-0.3, -0.25) is 25.4 Å². The summed E-state index contributed by atoms with van der Waals surface area (Å²) in [5, 5.41) is 0. The molecule has 0 spiro atoms. The monoisotopic (exact) mass is 259 g/mol. The number of carbonyl (C=O) groups excluding carboxylic acids is 2. The molecule has 2 heterocycles. The standard InChI is InChI=1S/C13H13N3O3/c1-8-6-11(9(2)19-8)13(18)16-15-12(17)10-4-3-5-14-7-10/h3-7H,1-2H3,(H,15,17)(H,16,18). The first-order valence-electron chi connectivity index (χ1n) is 5.65. The largest absolute Gasteiger partial charge is 0.466 e. The second kappa shape index (κ2) is 5.34. The van der Waals surface area contributed by atoms with Gasteiger partial charge in [0.15, 0.2) is 0 Å². The van der Waals surface area contributed by atoms with E-state index in [0.29, 0.717) is 22.6 Å². The maximum atomic E-state index is 11.8. The van der Waals surface area contributed by atoms with Gasteiger partial charge in [0, 0.05) is 12.4 Å². The molecule has 0 aliphatic carbocycles. The van der Waals surface area contributed by atoms with E-state index >= 15 is 0 Å². The van der Waals surface area contributed by atoms with Gasteiger partial charge in [0.25, 0.3) is 11.8 Å². The van der Waals surface area contributed by atoms with Gasteiger partial charge in [-0.2, -0.15) is 0 Å². The summed E-state index contributed by atoms with van der Waals surface area (Å²) in [6.45, 7) is 3.43. The Labute approximate surface area is 109 Å². The van der Waals surface area contributed by atoms with Crippen LogP contribution in [0.3, 0.4) is 0 Å². The van der Waals surface area contributed by atoms with Crippen LogP contribution < -0.4 is 10.9 Å². The number of hydrogen-bond acceptors (Lipinski definition) is 4. The summed E-state index contributed by atoms with van der Waals surface area (Å²) >= 11 is 0. The van der Waals surface area contributed by atoms with Gasteiger partial charge >= 0.3 is 0 Å². The summed E-state index contributed by atoms with van der Waals surface area (Å²) < 4.78 is 5.24. The van der Waals surface area contributed by atoms with Crippen molar-refractivity contribution in [2.45, 2.75) is 13.8 Å². The first kappa shape index (κ1) is 12.8. The Morgan fingerprint density at radius 2 is 1.95 bits per heavy atom. The molecule has 2 aromatic rings. The van der Waals surface area contributed by atoms with E-state index in [4.69, 9.17) is 4.42 Å². The van der Waals surface area contributed by atoms with Crippen LogP contribution in [0, 0.1) is 13.8 Å². The average Bonchev–Trinajstić information content (AvgIpc) is 2.75. The molecule has 2 aromatic heterocycles. The molecular weight excluding hydrogens is 246 g/mol. The van der Waals surface area contributed by atoms with Crippen LogP contribution in [0.25, 0.3) is 0 Å². The molecule has 6 nitrogen and oxygen atoms in total. The van der Waals surface area contributed by atoms with Gasteiger partial charge in [-0.15, -0.1) is 0 Å². The Bertz CT molecular complexity index is 605. The lowest BCUT2D eigenvalue weighted by Crippen LogP contribution is -2.41. The molecule has 0 unspecified atom stereocenters. The van der Waals surface area contributed by atoms with Gasteiger partial charge in [-0.1, -0.05) is 0 Å². The molecule has 19 heavy (non-hydrogen) atoms. The van der Waals surface area contributed by atoms with E-state index in [1.807, 2.05) is 0 Å². The fraction of sp³-hybridized carbons (Fsp3) is 0.154. The molecule has 6 heteroatoms. The van der Waals surface area contributed by atoms with Crippen LogP contribution in [0.4, 0.5) is 0 Å². The maximum absolute atomic E-state index is 11.8. The molecule has 0 saturated heterocycles. The van der Waals surface area contributed by atoms with E-state index in [1.165, 1.54) is 6.20 Å². The van der Waals surface area contributed by atoms with Crippen molar-refractivity contribution in [1.29, 1.82) is 0 Å². The summed E-state index contributed by atoms with van der Waals surface area (Å²) in [6.07, 6.45) is 2.97. The zero-order chi connectivity index (χ0) is 13.8. The molecule has 0 fully saturated rings. The predicted octanol–water partition coefficient (Wildman–Crippen LogP) is 1.37. The maximum Gasteiger partial charge on any atom is 0.273 e. The number of pyridine rings is 1. The Morgan fingerprint density at radius 1 is 1.21 bits per heavy atom. The predicted molar refractivity (Wildman–Crippen MR) is 67.4 cm³/mol. The zero-order valence-electron chi connectivity index (χ0n) is 10.6. The van der Waals surface area contributed by atoms with Crippen molar-refractivity contribution in [3.63, 3.8) is 0 Å². The SMILES string of the molecule is Cc1cc(C(=O)NNC(=O)c2cccnc2)c(C)o1. The number of carbonyl (C=O) groups is 2. The van der Waals surface area contributed by atoms with Gasteiger partial charge in [-0.25, -0.2) is 0 Å². The minimum atomic E-state index is -0.431. The third kappa shape index (κ3) is 2.98.